The predicted molar refractivity (Wildman–Crippen MR) is 171 cm³/mol. The number of carbonyl (C=O) groups is 2. The molecule has 6 rings (SSSR count). The van der Waals surface area contributed by atoms with Crippen molar-refractivity contribution in [3.63, 3.8) is 0 Å². The number of aliphatic carboxylic acids is 1. The van der Waals surface area contributed by atoms with E-state index in [0.29, 0.717) is 31.7 Å². The summed E-state index contributed by atoms with van der Waals surface area (Å²) >= 11 is 0. The lowest BCUT2D eigenvalue weighted by Gasteiger charge is -2.30. The summed E-state index contributed by atoms with van der Waals surface area (Å²) in [6.07, 6.45) is 1.60. The molecule has 8 nitrogen and oxygen atoms in total. The Morgan fingerprint density at radius 1 is 0.778 bits per heavy atom. The third-order valence-electron chi connectivity index (χ3n) is 8.03. The van der Waals surface area contributed by atoms with E-state index in [1.54, 1.807) is 12.0 Å². The van der Waals surface area contributed by atoms with E-state index in [9.17, 15) is 14.7 Å². The summed E-state index contributed by atoms with van der Waals surface area (Å²) in [7, 11) is 0. The quantitative estimate of drug-likeness (QED) is 0.212. The van der Waals surface area contributed by atoms with Crippen molar-refractivity contribution in [1.29, 1.82) is 0 Å². The third kappa shape index (κ3) is 6.67. The number of ether oxygens (including phenoxy) is 1. The molecule has 1 N–H and O–H groups in total. The van der Waals surface area contributed by atoms with Gasteiger partial charge in [0.05, 0.1) is 13.0 Å². The van der Waals surface area contributed by atoms with Crippen molar-refractivity contribution in [2.45, 2.75) is 50.4 Å². The maximum absolute atomic E-state index is 12.0. The largest absolute Gasteiger partial charge is 0.480 e. The molecule has 1 atom stereocenters. The number of benzene rings is 4. The topological polar surface area (TPSA) is 97.7 Å². The zero-order valence-corrected chi connectivity index (χ0v) is 25.5. The van der Waals surface area contributed by atoms with E-state index in [1.165, 1.54) is 0 Å². The van der Waals surface area contributed by atoms with E-state index in [2.05, 4.69) is 5.16 Å². The molecular weight excluding hydrogens is 568 g/mol. The van der Waals surface area contributed by atoms with Gasteiger partial charge in [-0.15, -0.1) is 0 Å². The highest BCUT2D eigenvalue weighted by Crippen LogP contribution is 2.45. The molecule has 0 aromatic heterocycles. The second-order valence-corrected chi connectivity index (χ2v) is 10.9. The first kappa shape index (κ1) is 31.6. The van der Waals surface area contributed by atoms with Gasteiger partial charge in [0.2, 0.25) is 0 Å². The molecule has 2 aliphatic heterocycles. The van der Waals surface area contributed by atoms with Gasteiger partial charge in [-0.3, -0.25) is 9.63 Å². The minimum Gasteiger partial charge on any atom is -0.480 e. The number of hydroxylamine groups is 2. The van der Waals surface area contributed by atoms with E-state index >= 15 is 0 Å². The van der Waals surface area contributed by atoms with E-state index in [1.807, 2.05) is 128 Å². The summed E-state index contributed by atoms with van der Waals surface area (Å²) in [6, 6.07) is 38.7. The van der Waals surface area contributed by atoms with Gasteiger partial charge in [0.1, 0.15) is 11.6 Å². The van der Waals surface area contributed by atoms with Crippen LogP contribution in [-0.4, -0.2) is 47.0 Å². The second kappa shape index (κ2) is 14.3. The molecule has 2 heterocycles. The second-order valence-electron chi connectivity index (χ2n) is 10.9. The van der Waals surface area contributed by atoms with Gasteiger partial charge >= 0.3 is 11.9 Å². The molecule has 0 aliphatic carbocycles. The Labute approximate surface area is 263 Å². The summed E-state index contributed by atoms with van der Waals surface area (Å²) in [5.41, 5.74) is 2.68. The van der Waals surface area contributed by atoms with Crippen LogP contribution >= 0.6 is 0 Å². The number of carboxylic acids is 1. The van der Waals surface area contributed by atoms with Crippen molar-refractivity contribution >= 4 is 17.7 Å². The molecule has 0 radical (unpaired) electrons. The fourth-order valence-corrected chi connectivity index (χ4v) is 5.88. The molecule has 1 saturated heterocycles. The highest BCUT2D eigenvalue weighted by Gasteiger charge is 2.50. The highest BCUT2D eigenvalue weighted by molar-refractivity contribution is 6.37. The maximum atomic E-state index is 12.0. The summed E-state index contributed by atoms with van der Waals surface area (Å²) in [4.78, 5) is 35.7. The lowest BCUT2D eigenvalue weighted by atomic mass is 9.82. The van der Waals surface area contributed by atoms with Gasteiger partial charge in [-0.1, -0.05) is 133 Å². The van der Waals surface area contributed by atoms with Crippen molar-refractivity contribution in [1.82, 2.24) is 5.06 Å². The van der Waals surface area contributed by atoms with E-state index in [4.69, 9.17) is 14.4 Å². The number of carbonyl (C=O) groups excluding carboxylic acids is 1. The smallest absolute Gasteiger partial charge is 0.356 e. The number of oxime groups is 1. The average molecular weight is 607 g/mol. The number of hydrogen-bond donors (Lipinski definition) is 1. The summed E-state index contributed by atoms with van der Waals surface area (Å²) in [5, 5.41) is 15.2. The fourth-order valence-electron chi connectivity index (χ4n) is 5.88. The van der Waals surface area contributed by atoms with Crippen molar-refractivity contribution in [3.8, 4) is 0 Å². The molecule has 0 bridgehead atoms. The van der Waals surface area contributed by atoms with Crippen LogP contribution in [0.25, 0.3) is 0 Å². The highest BCUT2D eigenvalue weighted by atomic mass is 16.7. The Hall–Kier alpha value is -4.79. The molecule has 1 fully saturated rings. The average Bonchev–Trinajstić information content (AvgIpc) is 3.72. The van der Waals surface area contributed by atoms with E-state index < -0.39 is 29.2 Å². The van der Waals surface area contributed by atoms with Gasteiger partial charge in [0.15, 0.2) is 11.3 Å². The van der Waals surface area contributed by atoms with Gasteiger partial charge in [-0.25, -0.2) is 4.79 Å². The minimum absolute atomic E-state index is 0.314. The lowest BCUT2D eigenvalue weighted by molar-refractivity contribution is -0.200. The molecule has 4 aromatic carbocycles. The van der Waals surface area contributed by atoms with Crippen LogP contribution in [0.15, 0.2) is 126 Å². The van der Waals surface area contributed by atoms with Crippen LogP contribution in [0.1, 0.15) is 55.4 Å². The molecule has 232 valence electrons. The maximum Gasteiger partial charge on any atom is 0.356 e. The van der Waals surface area contributed by atoms with E-state index in [-0.39, 0.29) is 0 Å². The van der Waals surface area contributed by atoms with Gasteiger partial charge in [0, 0.05) is 24.1 Å². The number of nitrogens with zero attached hydrogens (tertiary/aromatic N) is 2. The SMILES string of the molecule is CCCN1OC(c2ccccc2)(c2ccccc2)CC1C(=O)O.CCOC(=O)C1=NOC(c2ccccc2)(c2ccccc2)C1. The van der Waals surface area contributed by atoms with Crippen LogP contribution in [-0.2, 0) is 35.2 Å². The van der Waals surface area contributed by atoms with Gasteiger partial charge in [-0.05, 0) is 24.5 Å². The van der Waals surface area contributed by atoms with Crippen LogP contribution in [0.5, 0.6) is 0 Å². The standard InChI is InChI=1S/C19H21NO3.C18H17NO3/c1-2-13-20-17(18(21)22)14-19(23-20,15-9-5-3-6-10-15)16-11-7-4-8-12-16;1-2-21-17(20)16-13-18(22-19-16,14-9-5-3-6-10-14)15-11-7-4-8-12-15/h3-12,17H,2,13-14H2,1H3,(H,21,22);3-12H,2,13H2,1H3. The molecule has 0 amide bonds. The monoisotopic (exact) mass is 606 g/mol. The van der Waals surface area contributed by atoms with E-state index in [0.717, 1.165) is 28.7 Å². The Morgan fingerprint density at radius 3 is 1.62 bits per heavy atom. The first-order chi connectivity index (χ1) is 21.9. The molecule has 4 aromatic rings. The summed E-state index contributed by atoms with van der Waals surface area (Å²) in [5.74, 6) is -1.26. The van der Waals surface area contributed by atoms with Crippen molar-refractivity contribution in [2.75, 3.05) is 13.2 Å². The first-order valence-corrected chi connectivity index (χ1v) is 15.3. The number of rotatable bonds is 9. The zero-order chi connectivity index (χ0) is 31.7. The fraction of sp³-hybridized carbons (Fsp3) is 0.270. The van der Waals surface area contributed by atoms with Gasteiger partial charge < -0.3 is 14.7 Å². The Kier molecular flexibility index (Phi) is 10.1. The number of carboxylic acid groups (broad SMARTS) is 1. The normalized spacial score (nSPS) is 18.2. The van der Waals surface area contributed by atoms with Crippen molar-refractivity contribution in [2.24, 2.45) is 5.16 Å². The van der Waals surface area contributed by atoms with Crippen LogP contribution in [0, 0.1) is 0 Å². The zero-order valence-electron chi connectivity index (χ0n) is 25.5. The predicted octanol–water partition coefficient (Wildman–Crippen LogP) is 6.70. The van der Waals surface area contributed by atoms with Crippen LogP contribution in [0.2, 0.25) is 0 Å². The summed E-state index contributed by atoms with van der Waals surface area (Å²) in [6.45, 7) is 4.71. The Morgan fingerprint density at radius 2 is 1.22 bits per heavy atom. The minimum atomic E-state index is -0.841. The first-order valence-electron chi connectivity index (χ1n) is 15.3. The lowest BCUT2D eigenvalue weighted by Crippen LogP contribution is -2.35. The van der Waals surface area contributed by atoms with Gasteiger partial charge in [0.25, 0.3) is 0 Å². The van der Waals surface area contributed by atoms with Crippen molar-refractivity contribution < 1.29 is 29.1 Å². The number of esters is 1. The number of hydrogen-bond acceptors (Lipinski definition) is 7. The van der Waals surface area contributed by atoms with Crippen LogP contribution < -0.4 is 0 Å². The molecule has 45 heavy (non-hydrogen) atoms. The third-order valence-corrected chi connectivity index (χ3v) is 8.03. The molecular formula is C37H38N2O6. The molecule has 0 spiro atoms. The van der Waals surface area contributed by atoms with Crippen LogP contribution in [0.3, 0.4) is 0 Å². The molecule has 1 unspecified atom stereocenters. The molecule has 2 aliphatic rings. The van der Waals surface area contributed by atoms with Crippen LogP contribution in [0.4, 0.5) is 0 Å². The summed E-state index contributed by atoms with van der Waals surface area (Å²) < 4.78 is 5.04. The molecule has 0 saturated carbocycles. The van der Waals surface area contributed by atoms with Crippen molar-refractivity contribution in [3.05, 3.63) is 144 Å². The Bertz CT molecular complexity index is 1500. The molecule has 8 heteroatoms. The Balaban J connectivity index is 0.000000178. The van der Waals surface area contributed by atoms with Gasteiger partial charge in [-0.2, -0.15) is 5.06 Å².